The Morgan fingerprint density at radius 2 is 2.15 bits per heavy atom. The number of rotatable bonds is 2. The van der Waals surface area contributed by atoms with Gasteiger partial charge < -0.3 is 10.2 Å². The quantitative estimate of drug-likeness (QED) is 0.704. The molecule has 3 nitrogen and oxygen atoms in total. The van der Waals surface area contributed by atoms with Gasteiger partial charge in [0, 0.05) is 19.0 Å². The summed E-state index contributed by atoms with van der Waals surface area (Å²) in [7, 11) is 2.08. The highest BCUT2D eigenvalue weighted by molar-refractivity contribution is 5.75. The predicted molar refractivity (Wildman–Crippen MR) is 55.7 cm³/mol. The van der Waals surface area contributed by atoms with Crippen LogP contribution in [0.15, 0.2) is 0 Å². The molecular formula is C10H22N2O. The number of nitrogens with one attached hydrogen (secondary N) is 1. The fourth-order valence-corrected chi connectivity index (χ4v) is 1.38. The first kappa shape index (κ1) is 12.4. The topological polar surface area (TPSA) is 32.3 Å². The van der Waals surface area contributed by atoms with Gasteiger partial charge in [-0.2, -0.15) is 0 Å². The van der Waals surface area contributed by atoms with Crippen molar-refractivity contribution in [1.82, 2.24) is 10.2 Å². The van der Waals surface area contributed by atoms with Gasteiger partial charge in [-0.15, -0.1) is 0 Å². The molecule has 3 heteroatoms. The molecule has 0 aromatic carbocycles. The van der Waals surface area contributed by atoms with Crippen LogP contribution in [0.5, 0.6) is 0 Å². The van der Waals surface area contributed by atoms with E-state index in [2.05, 4.69) is 17.3 Å². The number of hydrogen-bond acceptors (Lipinski definition) is 2. The largest absolute Gasteiger partial charge is 0.352 e. The van der Waals surface area contributed by atoms with Crippen LogP contribution in [0, 0.1) is 0 Å². The van der Waals surface area contributed by atoms with E-state index in [1.54, 1.807) is 0 Å². The van der Waals surface area contributed by atoms with Crippen molar-refractivity contribution in [2.24, 2.45) is 0 Å². The van der Waals surface area contributed by atoms with Gasteiger partial charge in [0.15, 0.2) is 0 Å². The molecule has 1 N–H and O–H groups in total. The lowest BCUT2D eigenvalue weighted by Crippen LogP contribution is -2.35. The second kappa shape index (κ2) is 6.89. The summed E-state index contributed by atoms with van der Waals surface area (Å²) in [5.74, 6) is 0.172. The van der Waals surface area contributed by atoms with E-state index in [0.717, 1.165) is 19.5 Å². The average molecular weight is 186 g/mol. The van der Waals surface area contributed by atoms with Gasteiger partial charge in [0.05, 0.1) is 0 Å². The molecule has 1 heterocycles. The zero-order chi connectivity index (χ0) is 10.3. The molecule has 0 bridgehead atoms. The Morgan fingerprint density at radius 1 is 1.54 bits per heavy atom. The standard InChI is InChI=1S/C8H16N2O.C2H6/c1-3-8(11)9-7-4-5-10(2)6-7;1-2/h7H,3-6H2,1-2H3,(H,9,11);1-2H3. The molecule has 78 valence electrons. The van der Waals surface area contributed by atoms with Gasteiger partial charge in [0.25, 0.3) is 0 Å². The zero-order valence-electron chi connectivity index (χ0n) is 9.26. The van der Waals surface area contributed by atoms with Crippen molar-refractivity contribution in [3.8, 4) is 0 Å². The fraction of sp³-hybridized carbons (Fsp3) is 0.900. The lowest BCUT2D eigenvalue weighted by Gasteiger charge is -2.11. The first-order chi connectivity index (χ1) is 6.22. The highest BCUT2D eigenvalue weighted by Crippen LogP contribution is 2.05. The Kier molecular flexibility index (Phi) is 6.59. The summed E-state index contributed by atoms with van der Waals surface area (Å²) in [6, 6.07) is 0.396. The normalized spacial score (nSPS) is 22.0. The molecule has 1 aliphatic rings. The van der Waals surface area contributed by atoms with Crippen molar-refractivity contribution in [2.75, 3.05) is 20.1 Å². The third kappa shape index (κ3) is 4.88. The summed E-state index contributed by atoms with van der Waals surface area (Å²) < 4.78 is 0. The molecule has 1 atom stereocenters. The second-order valence-corrected chi connectivity index (χ2v) is 3.17. The van der Waals surface area contributed by atoms with Crippen molar-refractivity contribution >= 4 is 5.91 Å². The highest BCUT2D eigenvalue weighted by Gasteiger charge is 2.19. The average Bonchev–Trinajstić information content (AvgIpc) is 2.54. The lowest BCUT2D eigenvalue weighted by atomic mass is 10.2. The summed E-state index contributed by atoms with van der Waals surface area (Å²) in [6.07, 6.45) is 1.70. The maximum Gasteiger partial charge on any atom is 0.219 e. The van der Waals surface area contributed by atoms with Crippen molar-refractivity contribution in [3.63, 3.8) is 0 Å². The maximum absolute atomic E-state index is 10.9. The predicted octanol–water partition coefficient (Wildman–Crippen LogP) is 1.24. The first-order valence-corrected chi connectivity index (χ1v) is 5.20. The van der Waals surface area contributed by atoms with Crippen LogP contribution in [0.4, 0.5) is 0 Å². The Hall–Kier alpha value is -0.570. The van der Waals surface area contributed by atoms with Crippen LogP contribution in [-0.2, 0) is 4.79 Å². The van der Waals surface area contributed by atoms with E-state index in [1.807, 2.05) is 20.8 Å². The minimum atomic E-state index is 0.172. The highest BCUT2D eigenvalue weighted by atomic mass is 16.1. The second-order valence-electron chi connectivity index (χ2n) is 3.17. The maximum atomic E-state index is 10.9. The number of amides is 1. The first-order valence-electron chi connectivity index (χ1n) is 5.20. The Labute approximate surface area is 81.5 Å². The Morgan fingerprint density at radius 3 is 2.54 bits per heavy atom. The SMILES string of the molecule is CC.CCC(=O)NC1CCN(C)C1. The van der Waals surface area contributed by atoms with Crippen molar-refractivity contribution in [2.45, 2.75) is 39.7 Å². The van der Waals surface area contributed by atoms with Crippen molar-refractivity contribution in [3.05, 3.63) is 0 Å². The van der Waals surface area contributed by atoms with Crippen molar-refractivity contribution < 1.29 is 4.79 Å². The summed E-state index contributed by atoms with van der Waals surface area (Å²) >= 11 is 0. The van der Waals surface area contributed by atoms with E-state index in [4.69, 9.17) is 0 Å². The smallest absolute Gasteiger partial charge is 0.219 e. The summed E-state index contributed by atoms with van der Waals surface area (Å²) in [6.45, 7) is 7.99. The molecule has 0 radical (unpaired) electrons. The molecule has 13 heavy (non-hydrogen) atoms. The van der Waals surface area contributed by atoms with Crippen LogP contribution < -0.4 is 5.32 Å². The number of hydrogen-bond donors (Lipinski definition) is 1. The molecular weight excluding hydrogens is 164 g/mol. The van der Waals surface area contributed by atoms with Gasteiger partial charge in [-0.1, -0.05) is 20.8 Å². The number of carbonyl (C=O) groups excluding carboxylic acids is 1. The van der Waals surface area contributed by atoms with E-state index in [-0.39, 0.29) is 5.91 Å². The van der Waals surface area contributed by atoms with E-state index >= 15 is 0 Å². The molecule has 0 spiro atoms. The third-order valence-corrected chi connectivity index (χ3v) is 2.08. The Balaban J connectivity index is 0.000000671. The van der Waals surface area contributed by atoms with Crippen LogP contribution in [0.2, 0.25) is 0 Å². The van der Waals surface area contributed by atoms with Gasteiger partial charge in [-0.3, -0.25) is 4.79 Å². The molecule has 0 aliphatic carbocycles. The molecule has 1 amide bonds. The van der Waals surface area contributed by atoms with Crippen LogP contribution >= 0.6 is 0 Å². The summed E-state index contributed by atoms with van der Waals surface area (Å²) in [4.78, 5) is 13.2. The molecule has 0 aromatic heterocycles. The fourth-order valence-electron chi connectivity index (χ4n) is 1.38. The van der Waals surface area contributed by atoms with Gasteiger partial charge in [0.1, 0.15) is 0 Å². The molecule has 1 saturated heterocycles. The third-order valence-electron chi connectivity index (χ3n) is 2.08. The van der Waals surface area contributed by atoms with E-state index in [9.17, 15) is 4.79 Å². The molecule has 1 unspecified atom stereocenters. The molecule has 0 aromatic rings. The van der Waals surface area contributed by atoms with Crippen LogP contribution in [0.25, 0.3) is 0 Å². The lowest BCUT2D eigenvalue weighted by molar-refractivity contribution is -0.121. The summed E-state index contributed by atoms with van der Waals surface area (Å²) in [5, 5.41) is 2.98. The van der Waals surface area contributed by atoms with Crippen molar-refractivity contribution in [1.29, 1.82) is 0 Å². The van der Waals surface area contributed by atoms with Gasteiger partial charge in [-0.05, 0) is 20.0 Å². The summed E-state index contributed by atoms with van der Waals surface area (Å²) in [5.41, 5.74) is 0. The van der Waals surface area contributed by atoms with E-state index in [0.29, 0.717) is 12.5 Å². The molecule has 1 fully saturated rings. The van der Waals surface area contributed by atoms with Gasteiger partial charge in [0.2, 0.25) is 5.91 Å². The number of carbonyl (C=O) groups is 1. The monoisotopic (exact) mass is 186 g/mol. The minimum absolute atomic E-state index is 0.172. The number of likely N-dealkylation sites (tertiary alicyclic amines) is 1. The molecule has 1 rings (SSSR count). The van der Waals surface area contributed by atoms with Crippen LogP contribution in [0.1, 0.15) is 33.6 Å². The van der Waals surface area contributed by atoms with E-state index < -0.39 is 0 Å². The van der Waals surface area contributed by atoms with E-state index in [1.165, 1.54) is 0 Å². The molecule has 1 aliphatic heterocycles. The van der Waals surface area contributed by atoms with Crippen LogP contribution in [-0.4, -0.2) is 37.0 Å². The zero-order valence-corrected chi connectivity index (χ0v) is 9.26. The van der Waals surface area contributed by atoms with Gasteiger partial charge >= 0.3 is 0 Å². The Bertz CT molecular complexity index is 148. The van der Waals surface area contributed by atoms with Gasteiger partial charge in [-0.25, -0.2) is 0 Å². The van der Waals surface area contributed by atoms with Crippen LogP contribution in [0.3, 0.4) is 0 Å². The minimum Gasteiger partial charge on any atom is -0.352 e. The number of nitrogens with zero attached hydrogens (tertiary/aromatic N) is 1. The molecule has 0 saturated carbocycles. The number of likely N-dealkylation sites (N-methyl/N-ethyl adjacent to an activating group) is 1.